The predicted molar refractivity (Wildman–Crippen MR) is 111 cm³/mol. The summed E-state index contributed by atoms with van der Waals surface area (Å²) in [7, 11) is 2.08. The van der Waals surface area contributed by atoms with E-state index in [1.54, 1.807) is 4.90 Å². The van der Waals surface area contributed by atoms with Crippen molar-refractivity contribution in [2.75, 3.05) is 38.1 Å². The molecule has 0 saturated carbocycles. The fourth-order valence-electron chi connectivity index (χ4n) is 4.15. The van der Waals surface area contributed by atoms with Gasteiger partial charge in [0.25, 0.3) is 5.91 Å². The highest BCUT2D eigenvalue weighted by molar-refractivity contribution is 6.11. The Balaban J connectivity index is 1.68. The third kappa shape index (κ3) is 3.31. The largest absolute Gasteiger partial charge is 0.340 e. The second-order valence-corrected chi connectivity index (χ2v) is 7.94. The molecule has 2 aromatic rings. The molecule has 1 saturated heterocycles. The van der Waals surface area contributed by atoms with Crippen molar-refractivity contribution in [1.82, 2.24) is 9.80 Å². The number of fused-ring (bicyclic) bond motifs is 1. The number of aryl methyl sites for hydroxylation is 2. The van der Waals surface area contributed by atoms with Crippen LogP contribution in [-0.2, 0) is 4.79 Å². The molecule has 2 aliphatic rings. The lowest BCUT2D eigenvalue weighted by Gasteiger charge is -2.34. The van der Waals surface area contributed by atoms with E-state index in [0.29, 0.717) is 6.42 Å². The van der Waals surface area contributed by atoms with Crippen molar-refractivity contribution in [3.63, 3.8) is 0 Å². The number of para-hydroxylation sites is 1. The SMILES string of the molecule is Cc1cc2c(cc1C)C(CC(=O)N1CCN(C)CC1)N(c1ccccc1)C2=O. The molecule has 5 nitrogen and oxygen atoms in total. The van der Waals surface area contributed by atoms with Gasteiger partial charge < -0.3 is 14.7 Å². The Morgan fingerprint density at radius 1 is 1.00 bits per heavy atom. The number of benzene rings is 2. The van der Waals surface area contributed by atoms with Crippen LogP contribution >= 0.6 is 0 Å². The van der Waals surface area contributed by atoms with Crippen LogP contribution in [-0.4, -0.2) is 54.8 Å². The summed E-state index contributed by atoms with van der Waals surface area (Å²) in [5.74, 6) is 0.110. The number of carbonyl (C=O) groups is 2. The molecule has 2 heterocycles. The second kappa shape index (κ2) is 7.40. The smallest absolute Gasteiger partial charge is 0.259 e. The molecule has 146 valence electrons. The summed E-state index contributed by atoms with van der Waals surface area (Å²) in [6.07, 6.45) is 0.319. The average molecular weight is 377 g/mol. The summed E-state index contributed by atoms with van der Waals surface area (Å²) >= 11 is 0. The summed E-state index contributed by atoms with van der Waals surface area (Å²) < 4.78 is 0. The summed E-state index contributed by atoms with van der Waals surface area (Å²) in [6.45, 7) is 7.38. The number of likely N-dealkylation sites (N-methyl/N-ethyl adjacent to an activating group) is 1. The van der Waals surface area contributed by atoms with Crippen molar-refractivity contribution in [3.05, 3.63) is 64.7 Å². The monoisotopic (exact) mass is 377 g/mol. The van der Waals surface area contributed by atoms with Crippen LogP contribution in [0.2, 0.25) is 0 Å². The van der Waals surface area contributed by atoms with Crippen molar-refractivity contribution in [1.29, 1.82) is 0 Å². The third-order valence-corrected chi connectivity index (χ3v) is 6.04. The van der Waals surface area contributed by atoms with Crippen LogP contribution in [0, 0.1) is 13.8 Å². The summed E-state index contributed by atoms with van der Waals surface area (Å²) in [4.78, 5) is 32.3. The van der Waals surface area contributed by atoms with Crippen LogP contribution in [0.5, 0.6) is 0 Å². The predicted octanol–water partition coefficient (Wildman–Crippen LogP) is 3.17. The zero-order valence-electron chi connectivity index (χ0n) is 16.8. The van der Waals surface area contributed by atoms with Crippen molar-refractivity contribution in [3.8, 4) is 0 Å². The lowest BCUT2D eigenvalue weighted by atomic mass is 9.96. The van der Waals surface area contributed by atoms with Gasteiger partial charge in [-0.1, -0.05) is 24.3 Å². The molecule has 0 aliphatic carbocycles. The Morgan fingerprint density at radius 3 is 2.32 bits per heavy atom. The fraction of sp³-hybridized carbons (Fsp3) is 0.391. The van der Waals surface area contributed by atoms with Crippen LogP contribution in [0.25, 0.3) is 0 Å². The molecule has 2 aromatic carbocycles. The minimum absolute atomic E-state index is 0.0134. The van der Waals surface area contributed by atoms with Crippen molar-refractivity contribution in [2.24, 2.45) is 0 Å². The van der Waals surface area contributed by atoms with Gasteiger partial charge in [-0.05, 0) is 55.8 Å². The molecule has 2 aliphatic heterocycles. The molecular formula is C23H27N3O2. The molecule has 0 radical (unpaired) electrons. The molecule has 0 N–H and O–H groups in total. The summed E-state index contributed by atoms with van der Waals surface area (Å²) in [5.41, 5.74) is 4.79. The maximum absolute atomic E-state index is 13.3. The van der Waals surface area contributed by atoms with Gasteiger partial charge in [-0.15, -0.1) is 0 Å². The lowest BCUT2D eigenvalue weighted by molar-refractivity contribution is -0.133. The van der Waals surface area contributed by atoms with Crippen LogP contribution in [0.4, 0.5) is 5.69 Å². The van der Waals surface area contributed by atoms with Gasteiger partial charge in [-0.25, -0.2) is 0 Å². The Morgan fingerprint density at radius 2 is 1.64 bits per heavy atom. The maximum atomic E-state index is 13.3. The highest BCUT2D eigenvalue weighted by Crippen LogP contribution is 2.40. The molecule has 0 aromatic heterocycles. The van der Waals surface area contributed by atoms with Crippen LogP contribution in [0.1, 0.15) is 39.5 Å². The minimum atomic E-state index is -0.253. The number of carbonyl (C=O) groups excluding carboxylic acids is 2. The topological polar surface area (TPSA) is 43.9 Å². The number of piperazine rings is 1. The molecule has 0 bridgehead atoms. The van der Waals surface area contributed by atoms with Gasteiger partial charge in [0.2, 0.25) is 5.91 Å². The van der Waals surface area contributed by atoms with Gasteiger partial charge in [0.15, 0.2) is 0 Å². The molecule has 5 heteroatoms. The lowest BCUT2D eigenvalue weighted by Crippen LogP contribution is -2.47. The first-order valence-corrected chi connectivity index (χ1v) is 9.92. The molecule has 1 unspecified atom stereocenters. The number of hydrogen-bond acceptors (Lipinski definition) is 3. The molecule has 2 amide bonds. The van der Waals surface area contributed by atoms with Gasteiger partial charge in [0.05, 0.1) is 12.5 Å². The minimum Gasteiger partial charge on any atom is -0.340 e. The molecule has 28 heavy (non-hydrogen) atoms. The Kier molecular flexibility index (Phi) is 4.94. The number of amides is 2. The van der Waals surface area contributed by atoms with E-state index in [0.717, 1.165) is 54.1 Å². The highest BCUT2D eigenvalue weighted by Gasteiger charge is 2.40. The normalized spacial score (nSPS) is 19.8. The van der Waals surface area contributed by atoms with Crippen LogP contribution in [0.15, 0.2) is 42.5 Å². The molecule has 1 fully saturated rings. The van der Waals surface area contributed by atoms with E-state index in [1.807, 2.05) is 48.2 Å². The van der Waals surface area contributed by atoms with Crippen molar-refractivity contribution < 1.29 is 9.59 Å². The van der Waals surface area contributed by atoms with E-state index < -0.39 is 0 Å². The van der Waals surface area contributed by atoms with Crippen molar-refractivity contribution >= 4 is 17.5 Å². The number of anilines is 1. The number of nitrogens with zero attached hydrogens (tertiary/aromatic N) is 3. The zero-order chi connectivity index (χ0) is 19.8. The van der Waals surface area contributed by atoms with Gasteiger partial charge in [0.1, 0.15) is 0 Å². The second-order valence-electron chi connectivity index (χ2n) is 7.94. The summed E-state index contributed by atoms with van der Waals surface area (Å²) in [6, 6.07) is 13.5. The molecule has 0 spiro atoms. The quantitative estimate of drug-likeness (QED) is 0.825. The molecule has 4 rings (SSSR count). The van der Waals surface area contributed by atoms with E-state index in [1.165, 1.54) is 0 Å². The zero-order valence-corrected chi connectivity index (χ0v) is 16.8. The maximum Gasteiger partial charge on any atom is 0.259 e. The van der Waals surface area contributed by atoms with Crippen molar-refractivity contribution in [2.45, 2.75) is 26.3 Å². The molecule has 1 atom stereocenters. The fourth-order valence-corrected chi connectivity index (χ4v) is 4.15. The van der Waals surface area contributed by atoms with E-state index >= 15 is 0 Å². The highest BCUT2D eigenvalue weighted by atomic mass is 16.2. The van der Waals surface area contributed by atoms with Crippen LogP contribution in [0.3, 0.4) is 0 Å². The van der Waals surface area contributed by atoms with Gasteiger partial charge in [0, 0.05) is 37.4 Å². The first-order chi connectivity index (χ1) is 13.5. The first-order valence-electron chi connectivity index (χ1n) is 9.92. The van der Waals surface area contributed by atoms with E-state index in [4.69, 9.17) is 0 Å². The van der Waals surface area contributed by atoms with E-state index in [-0.39, 0.29) is 17.9 Å². The third-order valence-electron chi connectivity index (χ3n) is 6.04. The Hall–Kier alpha value is -2.66. The van der Waals surface area contributed by atoms with Gasteiger partial charge in [-0.3, -0.25) is 9.59 Å². The number of hydrogen-bond donors (Lipinski definition) is 0. The Labute approximate surface area is 166 Å². The van der Waals surface area contributed by atoms with Crippen LogP contribution < -0.4 is 4.90 Å². The number of rotatable bonds is 3. The summed E-state index contributed by atoms with van der Waals surface area (Å²) in [5, 5.41) is 0. The standard InChI is InChI=1S/C23H27N3O2/c1-16-13-19-20(14-17(16)2)23(28)26(18-7-5-4-6-8-18)21(19)15-22(27)25-11-9-24(3)10-12-25/h4-8,13-14,21H,9-12,15H2,1-3H3. The molecular weight excluding hydrogens is 350 g/mol. The van der Waals surface area contributed by atoms with E-state index in [9.17, 15) is 9.59 Å². The van der Waals surface area contributed by atoms with E-state index in [2.05, 4.69) is 24.9 Å². The average Bonchev–Trinajstić information content (AvgIpc) is 2.94. The van der Waals surface area contributed by atoms with Gasteiger partial charge in [-0.2, -0.15) is 0 Å². The van der Waals surface area contributed by atoms with Gasteiger partial charge >= 0.3 is 0 Å². The Bertz CT molecular complexity index is 902. The first kappa shape index (κ1) is 18.7.